The molecule has 0 aromatic carbocycles. The van der Waals surface area contributed by atoms with Crippen molar-refractivity contribution in [3.8, 4) is 0 Å². The Kier molecular flexibility index (Phi) is 11.1. The Morgan fingerprint density at radius 2 is 1.47 bits per heavy atom. The first-order valence-corrected chi connectivity index (χ1v) is 17.3. The molecular formula is C35H66N2O. The second-order valence-corrected chi connectivity index (χ2v) is 15.7. The van der Waals surface area contributed by atoms with Gasteiger partial charge in [-0.15, -0.1) is 0 Å². The van der Waals surface area contributed by atoms with Gasteiger partial charge in [0.25, 0.3) is 0 Å². The number of rotatable bonds is 14. The van der Waals surface area contributed by atoms with Crippen LogP contribution in [0.1, 0.15) is 144 Å². The van der Waals surface area contributed by atoms with Crippen LogP contribution in [0.25, 0.3) is 0 Å². The van der Waals surface area contributed by atoms with Gasteiger partial charge < -0.3 is 16.2 Å². The van der Waals surface area contributed by atoms with Crippen molar-refractivity contribution in [3.63, 3.8) is 0 Å². The third-order valence-electron chi connectivity index (χ3n) is 12.9. The largest absolute Gasteiger partial charge is 0.393 e. The molecule has 0 radical (unpaired) electrons. The van der Waals surface area contributed by atoms with Crippen molar-refractivity contribution in [3.05, 3.63) is 0 Å². The zero-order valence-corrected chi connectivity index (χ0v) is 26.2. The van der Waals surface area contributed by atoms with Crippen LogP contribution in [0, 0.1) is 52.3 Å². The normalized spacial score (nSPS) is 41.5. The number of nitrogens with two attached hydrogens (primary N) is 1. The van der Waals surface area contributed by atoms with Crippen molar-refractivity contribution in [2.75, 3.05) is 13.1 Å². The summed E-state index contributed by atoms with van der Waals surface area (Å²) in [5.74, 6) is 5.96. The van der Waals surface area contributed by atoms with Crippen LogP contribution >= 0.6 is 0 Å². The summed E-state index contributed by atoms with van der Waals surface area (Å²) in [6, 6.07) is 0.667. The maximum absolute atomic E-state index is 10.6. The van der Waals surface area contributed by atoms with Crippen LogP contribution < -0.4 is 11.1 Å². The van der Waals surface area contributed by atoms with Crippen molar-refractivity contribution < 1.29 is 5.11 Å². The van der Waals surface area contributed by atoms with E-state index in [1.54, 1.807) is 0 Å². The molecular weight excluding hydrogens is 464 g/mol. The van der Waals surface area contributed by atoms with Crippen molar-refractivity contribution >= 4 is 0 Å². The van der Waals surface area contributed by atoms with E-state index in [0.717, 1.165) is 54.9 Å². The van der Waals surface area contributed by atoms with Crippen molar-refractivity contribution in [2.45, 2.75) is 156 Å². The second-order valence-electron chi connectivity index (χ2n) is 15.7. The Balaban J connectivity index is 1.44. The van der Waals surface area contributed by atoms with Gasteiger partial charge in [0.2, 0.25) is 0 Å². The van der Waals surface area contributed by atoms with Crippen LogP contribution in [0.5, 0.6) is 0 Å². The van der Waals surface area contributed by atoms with Gasteiger partial charge in [0.1, 0.15) is 0 Å². The Hall–Kier alpha value is -0.120. The standard InChI is InChI=1S/C35H66N2O/c1-25(2)13-12-14-26(3)29-15-16-30-33-31(18-20-35(29,30)5)34(4)19-17-28(38)23-27(34)24-32(33)37-22-11-9-7-6-8-10-21-36/h25-33,37-38H,6-24,36H2,1-5H3/t26-,27-,28+,29-,30+,31+,32+,33+,34+,35-/m1/s1. The highest BCUT2D eigenvalue weighted by molar-refractivity contribution is 5.13. The quantitative estimate of drug-likeness (QED) is 0.198. The van der Waals surface area contributed by atoms with Gasteiger partial charge >= 0.3 is 0 Å². The topological polar surface area (TPSA) is 58.3 Å². The number of aliphatic hydroxyl groups is 1. The lowest BCUT2D eigenvalue weighted by Crippen LogP contribution is -2.61. The smallest absolute Gasteiger partial charge is 0.0543 e. The molecule has 3 nitrogen and oxygen atoms in total. The number of aliphatic hydroxyl groups excluding tert-OH is 1. The van der Waals surface area contributed by atoms with E-state index in [4.69, 9.17) is 5.73 Å². The first-order valence-electron chi connectivity index (χ1n) is 17.3. The summed E-state index contributed by atoms with van der Waals surface area (Å²) < 4.78 is 0. The fourth-order valence-electron chi connectivity index (χ4n) is 10.7. The summed E-state index contributed by atoms with van der Waals surface area (Å²) in [5, 5.41) is 14.9. The molecule has 4 aliphatic rings. The van der Waals surface area contributed by atoms with Crippen LogP contribution in [0.4, 0.5) is 0 Å². The maximum atomic E-state index is 10.6. The number of fused-ring (bicyclic) bond motifs is 5. The Morgan fingerprint density at radius 1 is 0.789 bits per heavy atom. The molecule has 222 valence electrons. The van der Waals surface area contributed by atoms with E-state index in [1.807, 2.05) is 0 Å². The van der Waals surface area contributed by atoms with Crippen LogP contribution in [0.2, 0.25) is 0 Å². The van der Waals surface area contributed by atoms with Gasteiger partial charge in [-0.1, -0.05) is 79.6 Å². The molecule has 3 heteroatoms. The Bertz CT molecular complexity index is 710. The predicted octanol–water partition coefficient (Wildman–Crippen LogP) is 8.34. The van der Waals surface area contributed by atoms with E-state index in [1.165, 1.54) is 103 Å². The van der Waals surface area contributed by atoms with Crippen molar-refractivity contribution in [2.24, 2.45) is 58.0 Å². The highest BCUT2D eigenvalue weighted by Crippen LogP contribution is 2.68. The van der Waals surface area contributed by atoms with Gasteiger partial charge in [-0.2, -0.15) is 0 Å². The van der Waals surface area contributed by atoms with Gasteiger partial charge in [-0.05, 0) is 130 Å². The minimum atomic E-state index is -0.0600. The summed E-state index contributed by atoms with van der Waals surface area (Å²) in [6.45, 7) is 14.8. The molecule has 0 aromatic rings. The molecule has 4 fully saturated rings. The lowest BCUT2D eigenvalue weighted by molar-refractivity contribution is -0.142. The van der Waals surface area contributed by atoms with Crippen molar-refractivity contribution in [1.29, 1.82) is 0 Å². The first kappa shape index (κ1) is 30.8. The van der Waals surface area contributed by atoms with E-state index >= 15 is 0 Å². The number of nitrogens with one attached hydrogen (secondary N) is 1. The molecule has 0 saturated heterocycles. The monoisotopic (exact) mass is 531 g/mol. The van der Waals surface area contributed by atoms with Crippen LogP contribution in [0.3, 0.4) is 0 Å². The van der Waals surface area contributed by atoms with Crippen LogP contribution in [-0.4, -0.2) is 30.3 Å². The summed E-state index contributed by atoms with van der Waals surface area (Å²) in [7, 11) is 0. The lowest BCUT2D eigenvalue weighted by Gasteiger charge is -2.63. The molecule has 0 amide bonds. The second kappa shape index (κ2) is 13.7. The molecule has 0 bridgehead atoms. The van der Waals surface area contributed by atoms with E-state index in [0.29, 0.717) is 22.8 Å². The van der Waals surface area contributed by atoms with Gasteiger partial charge in [0.15, 0.2) is 0 Å². The summed E-state index contributed by atoms with van der Waals surface area (Å²) in [6.07, 6.45) is 22.6. The van der Waals surface area contributed by atoms with Gasteiger partial charge in [0, 0.05) is 6.04 Å². The molecule has 0 aliphatic heterocycles. The average molecular weight is 531 g/mol. The molecule has 0 unspecified atom stereocenters. The molecule has 0 aromatic heterocycles. The van der Waals surface area contributed by atoms with E-state index in [9.17, 15) is 5.11 Å². The average Bonchev–Trinajstić information content (AvgIpc) is 3.23. The molecule has 38 heavy (non-hydrogen) atoms. The minimum Gasteiger partial charge on any atom is -0.393 e. The zero-order chi connectivity index (χ0) is 27.3. The Labute approximate surface area is 237 Å². The summed E-state index contributed by atoms with van der Waals surface area (Å²) in [4.78, 5) is 0. The molecule has 10 atom stereocenters. The fourth-order valence-corrected chi connectivity index (χ4v) is 10.7. The van der Waals surface area contributed by atoms with Gasteiger partial charge in [0.05, 0.1) is 6.10 Å². The first-order chi connectivity index (χ1) is 18.2. The summed E-state index contributed by atoms with van der Waals surface area (Å²) >= 11 is 0. The predicted molar refractivity (Wildman–Crippen MR) is 163 cm³/mol. The number of hydrogen-bond donors (Lipinski definition) is 3. The van der Waals surface area contributed by atoms with E-state index in [2.05, 4.69) is 39.9 Å². The van der Waals surface area contributed by atoms with Crippen LogP contribution in [0.15, 0.2) is 0 Å². The minimum absolute atomic E-state index is 0.0600. The molecule has 4 N–H and O–H groups in total. The van der Waals surface area contributed by atoms with Crippen molar-refractivity contribution in [1.82, 2.24) is 5.32 Å². The highest BCUT2D eigenvalue weighted by Gasteiger charge is 2.62. The summed E-state index contributed by atoms with van der Waals surface area (Å²) in [5.41, 5.74) is 6.66. The van der Waals surface area contributed by atoms with Gasteiger partial charge in [-0.3, -0.25) is 0 Å². The SMILES string of the molecule is CC(C)CCC[C@@H](C)[C@H]1CC[C@H]2[C@@H]3[C@@H](NCCCCCCCCN)C[C@H]4C[C@@H](O)CC[C@]4(C)[C@H]3CC[C@]12C. The van der Waals surface area contributed by atoms with E-state index < -0.39 is 0 Å². The Morgan fingerprint density at radius 3 is 2.21 bits per heavy atom. The van der Waals surface area contributed by atoms with E-state index in [-0.39, 0.29) is 6.10 Å². The molecule has 4 saturated carbocycles. The number of unbranched alkanes of at least 4 members (excludes halogenated alkanes) is 5. The van der Waals surface area contributed by atoms with Crippen LogP contribution in [-0.2, 0) is 0 Å². The fraction of sp³-hybridized carbons (Fsp3) is 1.00. The highest BCUT2D eigenvalue weighted by atomic mass is 16.3. The molecule has 0 spiro atoms. The maximum Gasteiger partial charge on any atom is 0.0543 e. The third-order valence-corrected chi connectivity index (χ3v) is 12.9. The lowest BCUT2D eigenvalue weighted by atomic mass is 9.43. The zero-order valence-electron chi connectivity index (χ0n) is 26.2. The molecule has 4 aliphatic carbocycles. The third kappa shape index (κ3) is 6.67. The van der Waals surface area contributed by atoms with Gasteiger partial charge in [-0.25, -0.2) is 0 Å². The molecule has 4 rings (SSSR count). The number of hydrogen-bond acceptors (Lipinski definition) is 3. The molecule has 0 heterocycles.